The molecule has 0 fully saturated rings. The number of hydrogen-bond acceptors (Lipinski definition) is 4. The van der Waals surface area contributed by atoms with Crippen LogP contribution in [0.25, 0.3) is 10.8 Å². The van der Waals surface area contributed by atoms with Gasteiger partial charge in [0.2, 0.25) is 0 Å². The van der Waals surface area contributed by atoms with Crippen LogP contribution in [-0.4, -0.2) is 8.76 Å². The van der Waals surface area contributed by atoms with Crippen LogP contribution in [0.3, 0.4) is 0 Å². The predicted octanol–water partition coefficient (Wildman–Crippen LogP) is -0.539. The Bertz CT molecular complexity index is 653. The fraction of sp³-hybridized carbons (Fsp3) is 0.167. The van der Waals surface area contributed by atoms with Gasteiger partial charge in [-0.25, -0.2) is 4.21 Å². The van der Waals surface area contributed by atoms with Gasteiger partial charge in [0.15, 0.2) is 0 Å². The molecule has 18 heavy (non-hydrogen) atoms. The summed E-state index contributed by atoms with van der Waals surface area (Å²) in [5, 5.41) is 2.05. The summed E-state index contributed by atoms with van der Waals surface area (Å²) in [6.07, 6.45) is 0. The van der Waals surface area contributed by atoms with Gasteiger partial charge >= 0.3 is 29.6 Å². The second kappa shape index (κ2) is 6.43. The summed E-state index contributed by atoms with van der Waals surface area (Å²) in [5.74, 6) is 0. The second-order valence-corrected chi connectivity index (χ2v) is 6.03. The average molecular weight is 290 g/mol. The quantitative estimate of drug-likeness (QED) is 0.713. The number of hydrogen-bond donors (Lipinski definition) is 0. The first kappa shape index (κ1) is 16.0. The van der Waals surface area contributed by atoms with Crippen LogP contribution in [0.5, 0.6) is 0 Å². The van der Waals surface area contributed by atoms with E-state index >= 15 is 0 Å². The van der Waals surface area contributed by atoms with Gasteiger partial charge in [0.25, 0.3) is 0 Å². The van der Waals surface area contributed by atoms with Crippen molar-refractivity contribution in [2.45, 2.75) is 13.5 Å². The number of fused-ring (bicyclic) bond motifs is 1. The van der Waals surface area contributed by atoms with Crippen molar-refractivity contribution in [3.05, 3.63) is 47.5 Å². The normalized spacial score (nSPS) is 13.9. The van der Waals surface area contributed by atoms with Crippen molar-refractivity contribution in [1.29, 1.82) is 0 Å². The summed E-state index contributed by atoms with van der Waals surface area (Å²) in [6, 6.07) is 11.7. The number of rotatable bonds is 3. The van der Waals surface area contributed by atoms with Crippen LogP contribution < -0.4 is 29.6 Å². The van der Waals surface area contributed by atoms with Crippen LogP contribution in [0.15, 0.2) is 36.4 Å². The summed E-state index contributed by atoms with van der Waals surface area (Å²) in [4.78, 5) is 0. The Morgan fingerprint density at radius 1 is 1.28 bits per heavy atom. The summed E-state index contributed by atoms with van der Waals surface area (Å²) in [6.45, 7) is 1.90. The predicted molar refractivity (Wildman–Crippen MR) is 69.8 cm³/mol. The van der Waals surface area contributed by atoms with Crippen LogP contribution in [0.4, 0.5) is 0 Å². The van der Waals surface area contributed by atoms with E-state index in [1.165, 1.54) is 0 Å². The molecule has 0 saturated carbocycles. The van der Waals surface area contributed by atoms with Crippen molar-refractivity contribution in [2.75, 3.05) is 0 Å². The smallest absolute Gasteiger partial charge is 0.748 e. The monoisotopic (exact) mass is 290 g/mol. The van der Waals surface area contributed by atoms with Crippen LogP contribution in [0.1, 0.15) is 11.1 Å². The molecule has 0 spiro atoms. The van der Waals surface area contributed by atoms with Crippen LogP contribution >= 0.6 is 0 Å². The first-order valence-corrected chi connectivity index (χ1v) is 7.38. The van der Waals surface area contributed by atoms with E-state index in [2.05, 4.69) is 11.2 Å². The van der Waals surface area contributed by atoms with Crippen LogP contribution in [0, 0.1) is 6.92 Å². The van der Waals surface area contributed by atoms with Gasteiger partial charge in [0, 0.05) is 0 Å². The van der Waals surface area contributed by atoms with Gasteiger partial charge in [-0.1, -0.05) is 36.4 Å². The summed E-state index contributed by atoms with van der Waals surface area (Å²) >= 11 is 4.20. The topological polar surface area (TPSA) is 49.4 Å². The molecule has 0 aliphatic carbocycles. The van der Waals surface area contributed by atoms with Crippen LogP contribution in [-0.2, 0) is 31.0 Å². The minimum absolute atomic E-state index is 0. The fourth-order valence-corrected chi connectivity index (χ4v) is 2.17. The zero-order chi connectivity index (χ0) is 12.5. The van der Waals surface area contributed by atoms with Gasteiger partial charge in [-0.3, -0.25) is 4.18 Å². The van der Waals surface area contributed by atoms with Crippen molar-refractivity contribution >= 4 is 31.0 Å². The van der Waals surface area contributed by atoms with Gasteiger partial charge in [0.05, 0.1) is 15.7 Å². The number of aryl methyl sites for hydroxylation is 1. The third-order valence-corrected chi connectivity index (χ3v) is 3.32. The third-order valence-electron chi connectivity index (χ3n) is 2.62. The maximum absolute atomic E-state index is 10.8. The molecular formula is C12H11NaO3S2. The SMILES string of the molecule is Cc1ccc2ccccc2c1COS(=O)([O-])=S.[Na+]. The maximum atomic E-state index is 10.8. The van der Waals surface area contributed by atoms with Crippen molar-refractivity contribution in [3.63, 3.8) is 0 Å². The first-order chi connectivity index (χ1) is 7.97. The molecule has 0 aliphatic heterocycles. The Balaban J connectivity index is 0.00000162. The van der Waals surface area contributed by atoms with E-state index in [4.69, 9.17) is 4.18 Å². The molecule has 0 aliphatic rings. The molecule has 90 valence electrons. The van der Waals surface area contributed by atoms with Crippen molar-refractivity contribution in [2.24, 2.45) is 0 Å². The largest absolute Gasteiger partial charge is 1.00 e. The fourth-order valence-electron chi connectivity index (χ4n) is 1.77. The summed E-state index contributed by atoms with van der Waals surface area (Å²) < 4.78 is 26.4. The van der Waals surface area contributed by atoms with Gasteiger partial charge in [-0.2, -0.15) is 0 Å². The summed E-state index contributed by atoms with van der Waals surface area (Å²) in [5.41, 5.74) is 1.85. The zero-order valence-electron chi connectivity index (χ0n) is 10.2. The molecule has 0 bridgehead atoms. The van der Waals surface area contributed by atoms with Gasteiger partial charge in [-0.15, -0.1) is 0 Å². The van der Waals surface area contributed by atoms with E-state index in [1.807, 2.05) is 43.3 Å². The molecule has 1 atom stereocenters. The number of benzene rings is 2. The minimum atomic E-state index is -3.82. The molecule has 2 aromatic carbocycles. The Morgan fingerprint density at radius 2 is 1.94 bits per heavy atom. The van der Waals surface area contributed by atoms with E-state index < -0.39 is 9.05 Å². The van der Waals surface area contributed by atoms with Crippen molar-refractivity contribution in [3.8, 4) is 0 Å². The van der Waals surface area contributed by atoms with Crippen LogP contribution in [0.2, 0.25) is 0 Å². The van der Waals surface area contributed by atoms with E-state index in [1.54, 1.807) is 0 Å². The standard InChI is InChI=1S/C12H12O3S2.Na/c1-9-6-7-10-4-2-3-5-11(10)12(9)8-15-17(13,14)16;/h2-7H,8H2,1H3,(H,13,14,16);/q;+1/p-1. The molecule has 2 rings (SSSR count). The van der Waals surface area contributed by atoms with Gasteiger partial charge in [0.1, 0.15) is 0 Å². The minimum Gasteiger partial charge on any atom is -0.748 e. The molecule has 0 N–H and O–H groups in total. The molecule has 0 saturated heterocycles. The molecule has 0 aromatic heterocycles. The Kier molecular flexibility index (Phi) is 5.73. The average Bonchev–Trinajstić information content (AvgIpc) is 2.26. The molecule has 0 heterocycles. The van der Waals surface area contributed by atoms with E-state index in [9.17, 15) is 8.76 Å². The zero-order valence-corrected chi connectivity index (χ0v) is 13.8. The molecular weight excluding hydrogens is 279 g/mol. The van der Waals surface area contributed by atoms with Crippen molar-refractivity contribution < 1.29 is 42.5 Å². The Morgan fingerprint density at radius 3 is 2.61 bits per heavy atom. The van der Waals surface area contributed by atoms with E-state index in [0.29, 0.717) is 0 Å². The van der Waals surface area contributed by atoms with E-state index in [-0.39, 0.29) is 36.2 Å². The first-order valence-electron chi connectivity index (χ1n) is 5.05. The Hall–Kier alpha value is -0.0100. The maximum Gasteiger partial charge on any atom is 1.00 e. The molecule has 6 heteroatoms. The molecule has 2 aromatic rings. The Labute approximate surface area is 134 Å². The third kappa shape index (κ3) is 3.99. The van der Waals surface area contributed by atoms with Crippen molar-refractivity contribution in [1.82, 2.24) is 0 Å². The van der Waals surface area contributed by atoms with E-state index in [0.717, 1.165) is 21.9 Å². The molecule has 3 nitrogen and oxygen atoms in total. The van der Waals surface area contributed by atoms with Gasteiger partial charge in [-0.05, 0) is 40.0 Å². The second-order valence-electron chi connectivity index (χ2n) is 3.75. The molecule has 1 unspecified atom stereocenters. The molecule has 0 amide bonds. The summed E-state index contributed by atoms with van der Waals surface area (Å²) in [7, 11) is -3.82. The molecule has 0 radical (unpaired) electrons. The van der Waals surface area contributed by atoms with Gasteiger partial charge < -0.3 is 4.55 Å².